The fourth-order valence-electron chi connectivity index (χ4n) is 2.68. The second-order valence-electron chi connectivity index (χ2n) is 9.60. The van der Waals surface area contributed by atoms with Crippen LogP contribution in [0, 0.1) is 0 Å². The molecule has 1 amide bonds. The summed E-state index contributed by atoms with van der Waals surface area (Å²) in [5.41, 5.74) is 0.0861. The van der Waals surface area contributed by atoms with E-state index in [1.165, 1.54) is 12.3 Å². The van der Waals surface area contributed by atoms with E-state index in [0.717, 1.165) is 5.56 Å². The van der Waals surface area contributed by atoms with Crippen molar-refractivity contribution >= 4 is 29.9 Å². The molecule has 1 aromatic heterocycles. The van der Waals surface area contributed by atoms with Crippen molar-refractivity contribution in [3.63, 3.8) is 0 Å². The minimum Gasteiger partial charge on any atom is -0.461 e. The molecule has 0 bridgehead atoms. The molecule has 0 fully saturated rings. The fraction of sp³-hybridized carbons (Fsp3) is 0.385. The van der Waals surface area contributed by atoms with E-state index < -0.39 is 29.2 Å². The Bertz CT molecular complexity index is 1030. The van der Waals surface area contributed by atoms with Gasteiger partial charge in [-0.3, -0.25) is 10.1 Å². The first-order valence-corrected chi connectivity index (χ1v) is 10.9. The van der Waals surface area contributed by atoms with Gasteiger partial charge in [-0.1, -0.05) is 30.3 Å². The molecule has 0 saturated heterocycles. The van der Waals surface area contributed by atoms with Crippen LogP contribution in [0.25, 0.3) is 6.08 Å². The maximum Gasteiger partial charge on any atom is 0.413 e. The summed E-state index contributed by atoms with van der Waals surface area (Å²) < 4.78 is 16.0. The Balaban J connectivity index is 2.19. The van der Waals surface area contributed by atoms with Gasteiger partial charge in [0, 0.05) is 11.8 Å². The number of esters is 2. The molecule has 8 nitrogen and oxygen atoms in total. The lowest BCUT2D eigenvalue weighted by Crippen LogP contribution is -2.27. The predicted octanol–water partition coefficient (Wildman–Crippen LogP) is 5.29. The highest BCUT2D eigenvalue weighted by Crippen LogP contribution is 2.19. The number of hydrogen-bond acceptors (Lipinski definition) is 7. The minimum atomic E-state index is -0.744. The van der Waals surface area contributed by atoms with Gasteiger partial charge in [0.15, 0.2) is 0 Å². The number of aromatic nitrogens is 1. The van der Waals surface area contributed by atoms with Crippen LogP contribution in [0.3, 0.4) is 0 Å². The second kappa shape index (κ2) is 11.4. The maximum atomic E-state index is 12.8. The molecule has 0 aliphatic carbocycles. The van der Waals surface area contributed by atoms with E-state index in [9.17, 15) is 14.4 Å². The molecule has 0 saturated carbocycles. The standard InChI is InChI=1S/C26H32N2O6/c1-25(2,3)33-23(30)20(16-22(29)32-17-18-10-8-7-9-11-18)14-19-12-13-27-21(15-19)28-24(31)34-26(4,5)6/h7-15H,16-17H2,1-6H3,(H,27,28,31)/b20-14-. The summed E-state index contributed by atoms with van der Waals surface area (Å²) in [7, 11) is 0. The summed E-state index contributed by atoms with van der Waals surface area (Å²) in [5.74, 6) is -0.970. The van der Waals surface area contributed by atoms with Gasteiger partial charge in [0.25, 0.3) is 0 Å². The molecule has 1 N–H and O–H groups in total. The van der Waals surface area contributed by atoms with Gasteiger partial charge in [-0.2, -0.15) is 0 Å². The molecular formula is C26H32N2O6. The van der Waals surface area contributed by atoms with Crippen LogP contribution in [0.5, 0.6) is 0 Å². The van der Waals surface area contributed by atoms with Crippen LogP contribution in [0.2, 0.25) is 0 Å². The van der Waals surface area contributed by atoms with Crippen molar-refractivity contribution in [2.24, 2.45) is 0 Å². The van der Waals surface area contributed by atoms with Crippen molar-refractivity contribution in [3.8, 4) is 0 Å². The molecular weight excluding hydrogens is 436 g/mol. The van der Waals surface area contributed by atoms with Gasteiger partial charge in [-0.15, -0.1) is 0 Å². The Labute approximate surface area is 200 Å². The van der Waals surface area contributed by atoms with E-state index in [-0.39, 0.29) is 24.4 Å². The van der Waals surface area contributed by atoms with Gasteiger partial charge in [0.1, 0.15) is 23.6 Å². The molecule has 34 heavy (non-hydrogen) atoms. The first-order valence-electron chi connectivity index (χ1n) is 10.9. The SMILES string of the molecule is CC(C)(C)OC(=O)Nc1cc(/C=C(/CC(=O)OCc2ccccc2)C(=O)OC(C)(C)C)ccn1. The van der Waals surface area contributed by atoms with Crippen molar-refractivity contribution in [2.75, 3.05) is 5.32 Å². The summed E-state index contributed by atoms with van der Waals surface area (Å²) in [6.45, 7) is 10.6. The highest BCUT2D eigenvalue weighted by molar-refractivity contribution is 5.98. The third kappa shape index (κ3) is 10.3. The monoisotopic (exact) mass is 468 g/mol. The zero-order chi connectivity index (χ0) is 25.4. The lowest BCUT2D eigenvalue weighted by atomic mass is 10.1. The predicted molar refractivity (Wildman–Crippen MR) is 129 cm³/mol. The molecule has 0 radical (unpaired) electrons. The Morgan fingerprint density at radius 1 is 0.941 bits per heavy atom. The summed E-state index contributed by atoms with van der Waals surface area (Å²) in [6.07, 6.45) is 2.05. The quantitative estimate of drug-likeness (QED) is 0.335. The van der Waals surface area contributed by atoms with Crippen LogP contribution in [0.15, 0.2) is 54.2 Å². The normalized spacial score (nSPS) is 12.0. The second-order valence-corrected chi connectivity index (χ2v) is 9.60. The zero-order valence-corrected chi connectivity index (χ0v) is 20.5. The van der Waals surface area contributed by atoms with E-state index in [1.54, 1.807) is 53.7 Å². The number of carbonyl (C=O) groups is 3. The van der Waals surface area contributed by atoms with Gasteiger partial charge in [0.2, 0.25) is 0 Å². The number of nitrogens with zero attached hydrogens (tertiary/aromatic N) is 1. The van der Waals surface area contributed by atoms with E-state index in [1.807, 2.05) is 30.3 Å². The maximum absolute atomic E-state index is 12.8. The summed E-state index contributed by atoms with van der Waals surface area (Å²) in [4.78, 5) is 41.4. The van der Waals surface area contributed by atoms with Crippen molar-refractivity contribution in [1.82, 2.24) is 4.98 Å². The number of carbonyl (C=O) groups excluding carboxylic acids is 3. The number of ether oxygens (including phenoxy) is 3. The number of pyridine rings is 1. The molecule has 0 spiro atoms. The number of benzene rings is 1. The number of rotatable bonds is 7. The third-order valence-electron chi connectivity index (χ3n) is 3.99. The Hall–Kier alpha value is -3.68. The summed E-state index contributed by atoms with van der Waals surface area (Å²) in [5, 5.41) is 2.55. The average molecular weight is 469 g/mol. The highest BCUT2D eigenvalue weighted by Gasteiger charge is 2.23. The number of hydrogen-bond donors (Lipinski definition) is 1. The molecule has 2 aromatic rings. The van der Waals surface area contributed by atoms with Gasteiger partial charge in [0.05, 0.1) is 6.42 Å². The van der Waals surface area contributed by atoms with Gasteiger partial charge in [-0.05, 0) is 70.9 Å². The number of nitrogens with one attached hydrogen (secondary N) is 1. The molecule has 0 unspecified atom stereocenters. The van der Waals surface area contributed by atoms with E-state index >= 15 is 0 Å². The van der Waals surface area contributed by atoms with Crippen LogP contribution in [-0.4, -0.2) is 34.2 Å². The fourth-order valence-corrected chi connectivity index (χ4v) is 2.68. The third-order valence-corrected chi connectivity index (χ3v) is 3.99. The minimum absolute atomic E-state index is 0.0977. The molecule has 1 heterocycles. The molecule has 182 valence electrons. The lowest BCUT2D eigenvalue weighted by Gasteiger charge is -2.20. The Morgan fingerprint density at radius 2 is 1.59 bits per heavy atom. The molecule has 1 aromatic carbocycles. The molecule has 0 aliphatic heterocycles. The van der Waals surface area contributed by atoms with Crippen LogP contribution in [-0.2, 0) is 30.4 Å². The van der Waals surface area contributed by atoms with Gasteiger partial charge >= 0.3 is 18.0 Å². The van der Waals surface area contributed by atoms with Crippen molar-refractivity contribution in [1.29, 1.82) is 0 Å². The topological polar surface area (TPSA) is 104 Å². The van der Waals surface area contributed by atoms with E-state index in [4.69, 9.17) is 14.2 Å². The number of anilines is 1. The van der Waals surface area contributed by atoms with E-state index in [0.29, 0.717) is 5.56 Å². The largest absolute Gasteiger partial charge is 0.461 e. The van der Waals surface area contributed by atoms with E-state index in [2.05, 4.69) is 10.3 Å². The summed E-state index contributed by atoms with van der Waals surface area (Å²) >= 11 is 0. The lowest BCUT2D eigenvalue weighted by molar-refractivity contribution is -0.153. The van der Waals surface area contributed by atoms with Gasteiger partial charge < -0.3 is 14.2 Å². The first-order chi connectivity index (χ1) is 15.8. The molecule has 2 rings (SSSR count). The smallest absolute Gasteiger partial charge is 0.413 e. The van der Waals surface area contributed by atoms with Crippen LogP contribution in [0.4, 0.5) is 10.6 Å². The van der Waals surface area contributed by atoms with Crippen LogP contribution >= 0.6 is 0 Å². The number of amides is 1. The van der Waals surface area contributed by atoms with Crippen molar-refractivity contribution < 1.29 is 28.6 Å². The zero-order valence-electron chi connectivity index (χ0n) is 20.5. The van der Waals surface area contributed by atoms with Crippen molar-refractivity contribution in [2.45, 2.75) is 65.8 Å². The Morgan fingerprint density at radius 3 is 2.21 bits per heavy atom. The molecule has 8 heteroatoms. The highest BCUT2D eigenvalue weighted by atomic mass is 16.6. The molecule has 0 atom stereocenters. The molecule has 0 aliphatic rings. The first kappa shape index (κ1) is 26.6. The van der Waals surface area contributed by atoms with Gasteiger partial charge in [-0.25, -0.2) is 14.6 Å². The van der Waals surface area contributed by atoms with Crippen molar-refractivity contribution in [3.05, 3.63) is 65.4 Å². The Kier molecular flexibility index (Phi) is 8.95. The summed E-state index contributed by atoms with van der Waals surface area (Å²) in [6, 6.07) is 12.4. The van der Waals surface area contributed by atoms with Crippen LogP contribution < -0.4 is 5.32 Å². The van der Waals surface area contributed by atoms with Crippen LogP contribution in [0.1, 0.15) is 59.1 Å². The average Bonchev–Trinajstić information content (AvgIpc) is 2.70.